The zero-order valence-electron chi connectivity index (χ0n) is 11.9. The van der Waals surface area contributed by atoms with Crippen LogP contribution in [0.3, 0.4) is 0 Å². The van der Waals surface area contributed by atoms with Gasteiger partial charge in [-0.1, -0.05) is 18.2 Å². The fourth-order valence-corrected chi connectivity index (χ4v) is 3.07. The summed E-state index contributed by atoms with van der Waals surface area (Å²) in [6, 6.07) is 17.4. The lowest BCUT2D eigenvalue weighted by atomic mass is 10.1. The molecule has 0 atom stereocenters. The van der Waals surface area contributed by atoms with E-state index in [0.717, 1.165) is 28.5 Å². The number of amides is 1. The third-order valence-corrected chi connectivity index (χ3v) is 4.82. The molecule has 0 radical (unpaired) electrons. The first-order chi connectivity index (χ1) is 10.3. The molecule has 1 aliphatic rings. The monoisotopic (exact) mass is 299 g/mol. The smallest absolute Gasteiger partial charge is 0.258 e. The summed E-state index contributed by atoms with van der Waals surface area (Å²) < 4.78 is 5.19. The number of hydrogen-bond donors (Lipinski definition) is 0. The molecule has 1 aliphatic heterocycles. The normalized spacial score (nSPS) is 14.3. The molecule has 0 aliphatic carbocycles. The standard InChI is InChI=1S/C17H17NO2S/c1-20-16-9-7-14(8-10-16)18(15-11-21-12-15)17(19)13-5-3-2-4-6-13/h2-10,15H,11-12H2,1H3. The van der Waals surface area contributed by atoms with E-state index in [2.05, 4.69) is 0 Å². The molecule has 108 valence electrons. The number of carbonyl (C=O) groups excluding carboxylic acids is 1. The summed E-state index contributed by atoms with van der Waals surface area (Å²) in [5.74, 6) is 2.84. The highest BCUT2D eigenvalue weighted by Gasteiger charge is 2.31. The molecular formula is C17H17NO2S. The first kappa shape index (κ1) is 14.0. The first-order valence-electron chi connectivity index (χ1n) is 6.90. The van der Waals surface area contributed by atoms with Crippen molar-refractivity contribution in [2.24, 2.45) is 0 Å². The summed E-state index contributed by atoms with van der Waals surface area (Å²) >= 11 is 1.87. The van der Waals surface area contributed by atoms with Crippen LogP contribution in [0.4, 0.5) is 5.69 Å². The van der Waals surface area contributed by atoms with Gasteiger partial charge in [0, 0.05) is 22.8 Å². The Hall–Kier alpha value is -1.94. The lowest BCUT2D eigenvalue weighted by Gasteiger charge is -2.37. The van der Waals surface area contributed by atoms with E-state index in [1.165, 1.54) is 0 Å². The maximum absolute atomic E-state index is 12.8. The number of anilines is 1. The van der Waals surface area contributed by atoms with Crippen LogP contribution in [-0.4, -0.2) is 30.6 Å². The van der Waals surface area contributed by atoms with Crippen LogP contribution < -0.4 is 9.64 Å². The lowest BCUT2D eigenvalue weighted by Crippen LogP contribution is -2.48. The molecule has 4 heteroatoms. The Labute approximate surface area is 128 Å². The molecule has 0 unspecified atom stereocenters. The third kappa shape index (κ3) is 2.90. The molecule has 21 heavy (non-hydrogen) atoms. The zero-order valence-corrected chi connectivity index (χ0v) is 12.7. The van der Waals surface area contributed by atoms with Gasteiger partial charge in [0.15, 0.2) is 0 Å². The minimum atomic E-state index is 0.0612. The minimum Gasteiger partial charge on any atom is -0.497 e. The molecule has 1 heterocycles. The molecule has 1 saturated heterocycles. The quantitative estimate of drug-likeness (QED) is 0.866. The average Bonchev–Trinajstić information content (AvgIpc) is 2.51. The average molecular weight is 299 g/mol. The van der Waals surface area contributed by atoms with Crippen molar-refractivity contribution in [3.63, 3.8) is 0 Å². The maximum Gasteiger partial charge on any atom is 0.258 e. The van der Waals surface area contributed by atoms with Gasteiger partial charge in [0.05, 0.1) is 13.2 Å². The molecule has 1 amide bonds. The summed E-state index contributed by atoms with van der Waals surface area (Å²) in [4.78, 5) is 14.7. The van der Waals surface area contributed by atoms with Gasteiger partial charge in [-0.15, -0.1) is 0 Å². The first-order valence-corrected chi connectivity index (χ1v) is 8.05. The van der Waals surface area contributed by atoms with Crippen molar-refractivity contribution in [2.75, 3.05) is 23.5 Å². The van der Waals surface area contributed by atoms with E-state index < -0.39 is 0 Å². The van der Waals surface area contributed by atoms with Crippen LogP contribution in [0.25, 0.3) is 0 Å². The largest absolute Gasteiger partial charge is 0.497 e. The van der Waals surface area contributed by atoms with E-state index in [0.29, 0.717) is 0 Å². The van der Waals surface area contributed by atoms with Crippen LogP contribution in [0, 0.1) is 0 Å². The summed E-state index contributed by atoms with van der Waals surface area (Å²) in [5, 5.41) is 0. The van der Waals surface area contributed by atoms with Crippen molar-refractivity contribution >= 4 is 23.4 Å². The molecule has 2 aromatic rings. The number of benzene rings is 2. The second-order valence-electron chi connectivity index (χ2n) is 4.93. The number of rotatable bonds is 4. The molecule has 0 saturated carbocycles. The summed E-state index contributed by atoms with van der Waals surface area (Å²) in [7, 11) is 1.64. The Balaban J connectivity index is 1.92. The second-order valence-corrected chi connectivity index (χ2v) is 6.01. The SMILES string of the molecule is COc1ccc(N(C(=O)c2ccccc2)C2CSC2)cc1. The number of nitrogens with zero attached hydrogens (tertiary/aromatic N) is 1. The van der Waals surface area contributed by atoms with E-state index >= 15 is 0 Å². The molecule has 0 bridgehead atoms. The molecule has 3 rings (SSSR count). The van der Waals surface area contributed by atoms with E-state index in [1.54, 1.807) is 7.11 Å². The molecule has 2 aromatic carbocycles. The molecule has 0 aromatic heterocycles. The Morgan fingerprint density at radius 1 is 1.10 bits per heavy atom. The van der Waals surface area contributed by atoms with E-state index in [4.69, 9.17) is 4.74 Å². The molecule has 3 nitrogen and oxygen atoms in total. The van der Waals surface area contributed by atoms with E-state index in [1.807, 2.05) is 71.3 Å². The topological polar surface area (TPSA) is 29.5 Å². The van der Waals surface area contributed by atoms with Crippen molar-refractivity contribution in [1.29, 1.82) is 0 Å². The second kappa shape index (κ2) is 6.22. The number of carbonyl (C=O) groups is 1. The lowest BCUT2D eigenvalue weighted by molar-refractivity contribution is 0.0980. The van der Waals surface area contributed by atoms with Gasteiger partial charge in [0.25, 0.3) is 5.91 Å². The molecular weight excluding hydrogens is 282 g/mol. The fourth-order valence-electron chi connectivity index (χ4n) is 2.33. The predicted octanol–water partition coefficient (Wildman–Crippen LogP) is 3.46. The van der Waals surface area contributed by atoms with Crippen molar-refractivity contribution < 1.29 is 9.53 Å². The van der Waals surface area contributed by atoms with Crippen LogP contribution in [0.5, 0.6) is 5.75 Å². The van der Waals surface area contributed by atoms with Crippen LogP contribution in [0.1, 0.15) is 10.4 Å². The van der Waals surface area contributed by atoms with Gasteiger partial charge in [-0.2, -0.15) is 11.8 Å². The van der Waals surface area contributed by atoms with Crippen molar-refractivity contribution in [3.05, 3.63) is 60.2 Å². The summed E-state index contributed by atoms with van der Waals surface area (Å²) in [6.07, 6.45) is 0. The van der Waals surface area contributed by atoms with Gasteiger partial charge in [0.1, 0.15) is 5.75 Å². The van der Waals surface area contributed by atoms with Gasteiger partial charge < -0.3 is 9.64 Å². The van der Waals surface area contributed by atoms with Crippen molar-refractivity contribution in [3.8, 4) is 5.75 Å². The van der Waals surface area contributed by atoms with E-state index in [-0.39, 0.29) is 11.9 Å². The Kier molecular flexibility index (Phi) is 4.15. The maximum atomic E-state index is 12.8. The Bertz CT molecular complexity index is 608. The minimum absolute atomic E-state index is 0.0612. The highest BCUT2D eigenvalue weighted by Crippen LogP contribution is 2.30. The van der Waals surface area contributed by atoms with Gasteiger partial charge in [-0.3, -0.25) is 4.79 Å². The Morgan fingerprint density at radius 3 is 2.29 bits per heavy atom. The van der Waals surface area contributed by atoms with Crippen LogP contribution in [0.2, 0.25) is 0 Å². The number of ether oxygens (including phenoxy) is 1. The number of hydrogen-bond acceptors (Lipinski definition) is 3. The van der Waals surface area contributed by atoms with Gasteiger partial charge in [-0.25, -0.2) is 0 Å². The summed E-state index contributed by atoms with van der Waals surface area (Å²) in [5.41, 5.74) is 1.65. The van der Waals surface area contributed by atoms with Gasteiger partial charge in [0.2, 0.25) is 0 Å². The molecule has 1 fully saturated rings. The van der Waals surface area contributed by atoms with E-state index in [9.17, 15) is 4.79 Å². The summed E-state index contributed by atoms with van der Waals surface area (Å²) in [6.45, 7) is 0. The highest BCUT2D eigenvalue weighted by atomic mass is 32.2. The number of thioether (sulfide) groups is 1. The molecule has 0 spiro atoms. The van der Waals surface area contributed by atoms with Gasteiger partial charge in [-0.05, 0) is 36.4 Å². The molecule has 0 N–H and O–H groups in total. The third-order valence-electron chi connectivity index (χ3n) is 3.58. The van der Waals surface area contributed by atoms with Crippen molar-refractivity contribution in [2.45, 2.75) is 6.04 Å². The van der Waals surface area contributed by atoms with Gasteiger partial charge >= 0.3 is 0 Å². The number of methoxy groups -OCH3 is 1. The Morgan fingerprint density at radius 2 is 1.76 bits per heavy atom. The predicted molar refractivity (Wildman–Crippen MR) is 87.4 cm³/mol. The highest BCUT2D eigenvalue weighted by molar-refractivity contribution is 8.00. The van der Waals surface area contributed by atoms with Crippen LogP contribution in [-0.2, 0) is 0 Å². The zero-order chi connectivity index (χ0) is 14.7. The van der Waals surface area contributed by atoms with Crippen molar-refractivity contribution in [1.82, 2.24) is 0 Å². The van der Waals surface area contributed by atoms with Crippen LogP contribution >= 0.6 is 11.8 Å². The van der Waals surface area contributed by atoms with Crippen LogP contribution in [0.15, 0.2) is 54.6 Å². The fraction of sp³-hybridized carbons (Fsp3) is 0.235.